The summed E-state index contributed by atoms with van der Waals surface area (Å²) in [6.45, 7) is 0. The molecule has 48 heavy (non-hydrogen) atoms. The van der Waals surface area contributed by atoms with Gasteiger partial charge < -0.3 is 9.47 Å². The van der Waals surface area contributed by atoms with Gasteiger partial charge in [0.15, 0.2) is 0 Å². The summed E-state index contributed by atoms with van der Waals surface area (Å²) in [4.78, 5) is 12.6. The summed E-state index contributed by atoms with van der Waals surface area (Å²) in [7, 11) is 0. The molecule has 0 atom stereocenters. The molecule has 0 spiro atoms. The van der Waals surface area contributed by atoms with Crippen LogP contribution >= 0.6 is 0 Å². The van der Waals surface area contributed by atoms with E-state index in [1.54, 1.807) is 24.3 Å². The van der Waals surface area contributed by atoms with Gasteiger partial charge in [0.2, 0.25) is 0 Å². The molecular formula is C45H30O3. The molecule has 8 aromatic rings. The summed E-state index contributed by atoms with van der Waals surface area (Å²) in [6, 6.07) is 61.5. The fourth-order valence-corrected chi connectivity index (χ4v) is 6.28. The normalized spacial score (nSPS) is 11.0. The Morgan fingerprint density at radius 1 is 0.312 bits per heavy atom. The second-order valence-corrected chi connectivity index (χ2v) is 11.7. The summed E-state index contributed by atoms with van der Waals surface area (Å²) in [5, 5.41) is 4.92. The average Bonchev–Trinajstić information content (AvgIpc) is 3.15. The van der Waals surface area contributed by atoms with Crippen molar-refractivity contribution in [1.29, 1.82) is 0 Å². The second-order valence-electron chi connectivity index (χ2n) is 11.7. The molecule has 0 saturated carbocycles. The lowest BCUT2D eigenvalue weighted by atomic mass is 9.96. The predicted molar refractivity (Wildman–Crippen MR) is 196 cm³/mol. The third-order valence-corrected chi connectivity index (χ3v) is 8.75. The van der Waals surface area contributed by atoms with Crippen molar-refractivity contribution < 1.29 is 14.3 Å². The minimum atomic E-state index is -0.783. The van der Waals surface area contributed by atoms with E-state index in [2.05, 4.69) is 133 Å². The van der Waals surface area contributed by atoms with Crippen molar-refractivity contribution in [2.24, 2.45) is 0 Å². The van der Waals surface area contributed by atoms with Crippen LogP contribution in [0, 0.1) is 0 Å². The third-order valence-electron chi connectivity index (χ3n) is 8.75. The van der Waals surface area contributed by atoms with E-state index >= 15 is 0 Å². The zero-order valence-electron chi connectivity index (χ0n) is 26.0. The van der Waals surface area contributed by atoms with Crippen molar-refractivity contribution in [2.45, 2.75) is 0 Å². The van der Waals surface area contributed by atoms with Gasteiger partial charge in [0, 0.05) is 0 Å². The molecule has 0 amide bonds. The number of benzene rings is 8. The minimum absolute atomic E-state index is 0.416. The number of carbonyl (C=O) groups excluding carboxylic acids is 1. The maximum atomic E-state index is 12.6. The zero-order valence-corrected chi connectivity index (χ0v) is 26.0. The van der Waals surface area contributed by atoms with Crippen molar-refractivity contribution in [2.75, 3.05) is 0 Å². The average molecular weight is 619 g/mol. The third kappa shape index (κ3) is 5.93. The number of ether oxygens (including phenoxy) is 2. The van der Waals surface area contributed by atoms with Crippen LogP contribution in [-0.4, -0.2) is 6.16 Å². The van der Waals surface area contributed by atoms with Gasteiger partial charge in [-0.3, -0.25) is 0 Å². The van der Waals surface area contributed by atoms with Crippen LogP contribution in [0.15, 0.2) is 182 Å². The highest BCUT2D eigenvalue weighted by Crippen LogP contribution is 2.33. The van der Waals surface area contributed by atoms with Gasteiger partial charge in [-0.15, -0.1) is 0 Å². The molecule has 0 aromatic heterocycles. The zero-order chi connectivity index (χ0) is 32.3. The van der Waals surface area contributed by atoms with Crippen LogP contribution in [-0.2, 0) is 0 Å². The Balaban J connectivity index is 0.895. The highest BCUT2D eigenvalue weighted by molar-refractivity contribution is 5.98. The largest absolute Gasteiger partial charge is 0.519 e. The van der Waals surface area contributed by atoms with E-state index in [1.165, 1.54) is 43.8 Å². The lowest BCUT2D eigenvalue weighted by molar-refractivity contribution is 0.152. The van der Waals surface area contributed by atoms with Gasteiger partial charge in [-0.25, -0.2) is 4.79 Å². The van der Waals surface area contributed by atoms with Crippen molar-refractivity contribution in [1.82, 2.24) is 0 Å². The van der Waals surface area contributed by atoms with Gasteiger partial charge in [-0.1, -0.05) is 158 Å². The molecule has 0 bridgehead atoms. The van der Waals surface area contributed by atoms with Crippen molar-refractivity contribution in [3.8, 4) is 56.0 Å². The Morgan fingerprint density at radius 2 is 0.625 bits per heavy atom. The Kier molecular flexibility index (Phi) is 7.70. The summed E-state index contributed by atoms with van der Waals surface area (Å²) >= 11 is 0. The first-order chi connectivity index (χ1) is 23.7. The van der Waals surface area contributed by atoms with Crippen LogP contribution in [0.5, 0.6) is 11.5 Å². The molecule has 0 heterocycles. The van der Waals surface area contributed by atoms with Crippen LogP contribution in [0.1, 0.15) is 0 Å². The monoisotopic (exact) mass is 618 g/mol. The van der Waals surface area contributed by atoms with Gasteiger partial charge in [0.25, 0.3) is 0 Å². The number of hydrogen-bond acceptors (Lipinski definition) is 3. The molecule has 3 heteroatoms. The van der Waals surface area contributed by atoms with Gasteiger partial charge in [-0.2, -0.15) is 0 Å². The lowest BCUT2D eigenvalue weighted by Crippen LogP contribution is -2.13. The van der Waals surface area contributed by atoms with E-state index in [4.69, 9.17) is 9.47 Å². The number of rotatable bonds is 6. The molecule has 0 aliphatic heterocycles. The molecule has 0 unspecified atom stereocenters. The molecule has 0 saturated heterocycles. The van der Waals surface area contributed by atoms with E-state index in [-0.39, 0.29) is 0 Å². The highest BCUT2D eigenvalue weighted by atomic mass is 16.7. The second kappa shape index (κ2) is 12.7. The summed E-state index contributed by atoms with van der Waals surface area (Å²) in [6.07, 6.45) is -0.783. The minimum Gasteiger partial charge on any atom is -0.395 e. The van der Waals surface area contributed by atoms with E-state index < -0.39 is 6.16 Å². The van der Waals surface area contributed by atoms with Crippen LogP contribution in [0.4, 0.5) is 4.79 Å². The summed E-state index contributed by atoms with van der Waals surface area (Å²) in [5.74, 6) is 0.832. The topological polar surface area (TPSA) is 35.5 Å². The Hall–Kier alpha value is -6.45. The molecule has 0 aliphatic rings. The molecular weight excluding hydrogens is 588 g/mol. The van der Waals surface area contributed by atoms with Crippen molar-refractivity contribution in [3.63, 3.8) is 0 Å². The van der Waals surface area contributed by atoms with Crippen LogP contribution in [0.25, 0.3) is 66.1 Å². The standard InChI is InChI=1S/C45H30O3/c46-45(47-39-27-23-33(24-28-39)31-15-19-37(20-16-31)43-13-5-9-35-7-1-3-11-41(35)43)48-40-29-25-34(26-30-40)32-17-21-38(22-18-32)44-14-6-10-36-8-2-4-12-42(36)44/h1-30H. The van der Waals surface area contributed by atoms with E-state index in [0.717, 1.165) is 22.3 Å². The molecule has 8 aromatic carbocycles. The van der Waals surface area contributed by atoms with Gasteiger partial charge in [-0.05, 0) is 90.3 Å². The molecule has 8 rings (SSSR count). The highest BCUT2D eigenvalue weighted by Gasteiger charge is 2.10. The Morgan fingerprint density at radius 3 is 1.02 bits per heavy atom. The predicted octanol–water partition coefficient (Wildman–Crippen LogP) is 12.2. The van der Waals surface area contributed by atoms with Crippen LogP contribution < -0.4 is 9.47 Å². The van der Waals surface area contributed by atoms with Crippen molar-refractivity contribution >= 4 is 27.7 Å². The maximum Gasteiger partial charge on any atom is 0.519 e. The smallest absolute Gasteiger partial charge is 0.395 e. The molecule has 0 fully saturated rings. The molecule has 0 radical (unpaired) electrons. The SMILES string of the molecule is O=C(Oc1ccc(-c2ccc(-c3cccc4ccccc34)cc2)cc1)Oc1ccc(-c2ccc(-c3cccc4ccccc34)cc2)cc1. The van der Waals surface area contributed by atoms with Gasteiger partial charge in [0.1, 0.15) is 11.5 Å². The van der Waals surface area contributed by atoms with E-state index in [9.17, 15) is 4.79 Å². The number of carbonyl (C=O) groups is 1. The Labute approximate surface area is 279 Å². The summed E-state index contributed by atoms with van der Waals surface area (Å²) in [5.41, 5.74) is 8.97. The quantitative estimate of drug-likeness (QED) is 0.137. The van der Waals surface area contributed by atoms with Gasteiger partial charge >= 0.3 is 6.16 Å². The Bertz CT molecular complexity index is 2190. The first-order valence-electron chi connectivity index (χ1n) is 15.9. The first kappa shape index (κ1) is 29.0. The van der Waals surface area contributed by atoms with E-state index in [0.29, 0.717) is 11.5 Å². The van der Waals surface area contributed by atoms with E-state index in [1.807, 2.05) is 24.3 Å². The maximum absolute atomic E-state index is 12.6. The van der Waals surface area contributed by atoms with Gasteiger partial charge in [0.05, 0.1) is 0 Å². The number of fused-ring (bicyclic) bond motifs is 2. The molecule has 0 aliphatic carbocycles. The number of hydrogen-bond donors (Lipinski definition) is 0. The summed E-state index contributed by atoms with van der Waals surface area (Å²) < 4.78 is 10.9. The molecule has 3 nitrogen and oxygen atoms in total. The molecule has 0 N–H and O–H groups in total. The van der Waals surface area contributed by atoms with Crippen molar-refractivity contribution in [3.05, 3.63) is 182 Å². The lowest BCUT2D eigenvalue weighted by Gasteiger charge is -2.10. The van der Waals surface area contributed by atoms with Crippen LogP contribution in [0.3, 0.4) is 0 Å². The van der Waals surface area contributed by atoms with Crippen LogP contribution in [0.2, 0.25) is 0 Å². The fourth-order valence-electron chi connectivity index (χ4n) is 6.28. The molecule has 228 valence electrons. The fraction of sp³-hybridized carbons (Fsp3) is 0. The first-order valence-corrected chi connectivity index (χ1v) is 15.9.